The summed E-state index contributed by atoms with van der Waals surface area (Å²) >= 11 is 0. The molecule has 0 aliphatic carbocycles. The van der Waals surface area contributed by atoms with Crippen molar-refractivity contribution in [2.45, 2.75) is 45.4 Å². The normalized spacial score (nSPS) is 8.29. The van der Waals surface area contributed by atoms with E-state index in [1.54, 1.807) is 6.92 Å². The van der Waals surface area contributed by atoms with Crippen LogP contribution in [0.5, 0.6) is 0 Å². The van der Waals surface area contributed by atoms with Crippen LogP contribution in [0.2, 0.25) is 0 Å². The molecule has 0 heterocycles. The number of hydrogen-bond donors (Lipinski definition) is 0. The van der Waals surface area contributed by atoms with Crippen molar-refractivity contribution in [2.24, 2.45) is 0 Å². The summed E-state index contributed by atoms with van der Waals surface area (Å²) in [6.07, 6.45) is 13.1. The van der Waals surface area contributed by atoms with Crippen LogP contribution < -0.4 is 0 Å². The molecular weight excluding hydrogens is 204 g/mol. The van der Waals surface area contributed by atoms with E-state index >= 15 is 0 Å². The summed E-state index contributed by atoms with van der Waals surface area (Å²) in [6.45, 7) is 5.47. The summed E-state index contributed by atoms with van der Waals surface area (Å²) in [5.41, 5.74) is 0. The van der Waals surface area contributed by atoms with Crippen LogP contribution in [-0.2, 0) is 0 Å². The van der Waals surface area contributed by atoms with Crippen LogP contribution in [0.3, 0.4) is 0 Å². The lowest BCUT2D eigenvalue weighted by Crippen LogP contribution is -1.74. The molecule has 88 valence electrons. The second-order valence-electron chi connectivity index (χ2n) is 3.53. The Morgan fingerprint density at radius 1 is 0.882 bits per heavy atom. The molecule has 0 heteroatoms. The van der Waals surface area contributed by atoms with Crippen LogP contribution in [0, 0.1) is 35.5 Å². The first kappa shape index (κ1) is 15.2. The Morgan fingerprint density at radius 2 is 1.65 bits per heavy atom. The topological polar surface area (TPSA) is 0 Å². The summed E-state index contributed by atoms with van der Waals surface area (Å²) in [5.74, 6) is 16.4. The number of unbranched alkanes of at least 4 members (excludes halogenated alkanes) is 4. The molecule has 0 aromatic carbocycles. The molecule has 0 unspecified atom stereocenters. The molecule has 0 aromatic rings. The third kappa shape index (κ3) is 14.2. The van der Waals surface area contributed by atoms with Crippen molar-refractivity contribution >= 4 is 0 Å². The number of allylic oxidation sites excluding steroid dienone is 3. The molecule has 0 saturated carbocycles. The quantitative estimate of drug-likeness (QED) is 0.347. The zero-order valence-corrected chi connectivity index (χ0v) is 10.7. The van der Waals surface area contributed by atoms with Crippen LogP contribution >= 0.6 is 0 Å². The largest absolute Gasteiger partial charge is 0.103 e. The summed E-state index contributed by atoms with van der Waals surface area (Å²) < 4.78 is 0. The van der Waals surface area contributed by atoms with Gasteiger partial charge in [0.15, 0.2) is 0 Å². The van der Waals surface area contributed by atoms with Gasteiger partial charge in [-0.25, -0.2) is 0 Å². The maximum Gasteiger partial charge on any atom is 0.0279 e. The summed E-state index contributed by atoms with van der Waals surface area (Å²) in [7, 11) is 0. The molecule has 0 atom stereocenters. The Morgan fingerprint density at radius 3 is 2.41 bits per heavy atom. The minimum atomic E-state index is 0.779. The van der Waals surface area contributed by atoms with E-state index < -0.39 is 0 Å². The van der Waals surface area contributed by atoms with E-state index in [-0.39, 0.29) is 0 Å². The number of rotatable bonds is 7. The van der Waals surface area contributed by atoms with E-state index in [1.165, 1.54) is 19.3 Å². The van der Waals surface area contributed by atoms with Gasteiger partial charge in [-0.3, -0.25) is 0 Å². The third-order valence-electron chi connectivity index (χ3n) is 2.07. The van der Waals surface area contributed by atoms with Crippen molar-refractivity contribution in [1.82, 2.24) is 0 Å². The molecule has 0 aliphatic rings. The molecule has 0 amide bonds. The highest BCUT2D eigenvalue weighted by Crippen LogP contribution is 2.03. The summed E-state index contributed by atoms with van der Waals surface area (Å²) in [4.78, 5) is 0. The highest BCUT2D eigenvalue weighted by atomic mass is 13.9. The van der Waals surface area contributed by atoms with Gasteiger partial charge in [-0.1, -0.05) is 36.5 Å². The van der Waals surface area contributed by atoms with Gasteiger partial charge in [0.1, 0.15) is 0 Å². The second-order valence-corrected chi connectivity index (χ2v) is 3.53. The third-order valence-corrected chi connectivity index (χ3v) is 2.07. The highest BCUT2D eigenvalue weighted by Gasteiger charge is 1.84. The molecule has 0 fully saturated rings. The number of hydrogen-bond acceptors (Lipinski definition) is 0. The van der Waals surface area contributed by atoms with Crippen molar-refractivity contribution < 1.29 is 0 Å². The van der Waals surface area contributed by atoms with Gasteiger partial charge >= 0.3 is 0 Å². The zero-order valence-electron chi connectivity index (χ0n) is 10.7. The van der Waals surface area contributed by atoms with Gasteiger partial charge in [0.25, 0.3) is 0 Å². The van der Waals surface area contributed by atoms with E-state index in [0.717, 1.165) is 19.3 Å². The van der Waals surface area contributed by atoms with Crippen molar-refractivity contribution in [1.29, 1.82) is 0 Å². The predicted molar refractivity (Wildman–Crippen MR) is 76.0 cm³/mol. The average Bonchev–Trinajstić information content (AvgIpc) is 2.35. The lowest BCUT2D eigenvalue weighted by molar-refractivity contribution is 0.696. The summed E-state index contributed by atoms with van der Waals surface area (Å²) in [6, 6.07) is 0. The van der Waals surface area contributed by atoms with Gasteiger partial charge in [-0.2, -0.15) is 0 Å². The van der Waals surface area contributed by atoms with Gasteiger partial charge in [0.05, 0.1) is 0 Å². The Bertz CT molecular complexity index is 391. The standard InChI is InChI=1S/C17H20/c1-3-5-7-9-11-13-15-17-16-14-12-10-8-6-4-2/h3,15,17H,1,5,7,9,11,13,16H2,2H3. The van der Waals surface area contributed by atoms with Gasteiger partial charge in [0.2, 0.25) is 0 Å². The fourth-order valence-corrected chi connectivity index (χ4v) is 1.21. The molecule has 0 saturated heterocycles. The Labute approximate surface area is 106 Å². The van der Waals surface area contributed by atoms with Crippen LogP contribution in [0.1, 0.15) is 45.4 Å². The maximum atomic E-state index is 3.71. The van der Waals surface area contributed by atoms with Crippen molar-refractivity contribution in [3.63, 3.8) is 0 Å². The molecule has 0 nitrogen and oxygen atoms in total. The van der Waals surface area contributed by atoms with Gasteiger partial charge in [0, 0.05) is 6.42 Å². The predicted octanol–water partition coefficient (Wildman–Crippen LogP) is 4.10. The van der Waals surface area contributed by atoms with Gasteiger partial charge in [-0.15, -0.1) is 6.58 Å². The molecule has 17 heavy (non-hydrogen) atoms. The van der Waals surface area contributed by atoms with Crippen LogP contribution in [0.4, 0.5) is 0 Å². The first-order valence-electron chi connectivity index (χ1n) is 6.07. The highest BCUT2D eigenvalue weighted by molar-refractivity contribution is 5.35. The zero-order chi connectivity index (χ0) is 12.6. The first-order chi connectivity index (χ1) is 8.41. The minimum Gasteiger partial charge on any atom is -0.103 e. The van der Waals surface area contributed by atoms with Crippen molar-refractivity contribution in [3.05, 3.63) is 24.8 Å². The van der Waals surface area contributed by atoms with E-state index in [0.29, 0.717) is 0 Å². The Kier molecular flexibility index (Phi) is 12.6. The Hall–Kier alpha value is -1.84. The van der Waals surface area contributed by atoms with Crippen LogP contribution in [0.15, 0.2) is 24.8 Å². The van der Waals surface area contributed by atoms with E-state index in [9.17, 15) is 0 Å². The lowest BCUT2D eigenvalue weighted by Gasteiger charge is -1.93. The lowest BCUT2D eigenvalue weighted by atomic mass is 10.1. The minimum absolute atomic E-state index is 0.779. The van der Waals surface area contributed by atoms with E-state index in [4.69, 9.17) is 0 Å². The van der Waals surface area contributed by atoms with Crippen LogP contribution in [0.25, 0.3) is 0 Å². The monoisotopic (exact) mass is 224 g/mol. The average molecular weight is 224 g/mol. The molecule has 0 bridgehead atoms. The Balaban J connectivity index is 3.45. The van der Waals surface area contributed by atoms with E-state index in [2.05, 4.69) is 54.3 Å². The first-order valence-corrected chi connectivity index (χ1v) is 6.07. The van der Waals surface area contributed by atoms with Crippen molar-refractivity contribution in [3.8, 4) is 35.5 Å². The molecule has 0 radical (unpaired) electrons. The van der Waals surface area contributed by atoms with Gasteiger partial charge in [-0.05, 0) is 56.3 Å². The van der Waals surface area contributed by atoms with E-state index in [1.807, 2.05) is 6.08 Å². The molecule has 0 aliphatic heterocycles. The molecule has 0 spiro atoms. The summed E-state index contributed by atoms with van der Waals surface area (Å²) in [5, 5.41) is 0. The van der Waals surface area contributed by atoms with Gasteiger partial charge < -0.3 is 0 Å². The fourth-order valence-electron chi connectivity index (χ4n) is 1.21. The molecular formula is C17H20. The maximum absolute atomic E-state index is 3.71. The van der Waals surface area contributed by atoms with Crippen LogP contribution in [-0.4, -0.2) is 0 Å². The smallest absolute Gasteiger partial charge is 0.0279 e. The molecule has 0 aromatic heterocycles. The molecule has 0 rings (SSSR count). The SMILES string of the molecule is C=CCCCCCC=CCC#CC#CC#CC. The second kappa shape index (κ2) is 14.2. The fraction of sp³-hybridized carbons (Fsp3) is 0.412. The van der Waals surface area contributed by atoms with Crippen molar-refractivity contribution in [2.75, 3.05) is 0 Å². The molecule has 0 N–H and O–H groups in total.